The highest BCUT2D eigenvalue weighted by Gasteiger charge is 2.41. The maximum absolute atomic E-state index is 12.0. The largest absolute Gasteiger partial charge is 0.462 e. The molecule has 29 heavy (non-hydrogen) atoms. The summed E-state index contributed by atoms with van der Waals surface area (Å²) in [6.07, 6.45) is 29.5. The fourth-order valence-corrected chi connectivity index (χ4v) is 5.55. The van der Waals surface area contributed by atoms with Crippen molar-refractivity contribution in [3.8, 4) is 0 Å². The van der Waals surface area contributed by atoms with Gasteiger partial charge in [0, 0.05) is 6.42 Å². The van der Waals surface area contributed by atoms with Crippen molar-refractivity contribution >= 4 is 5.97 Å². The van der Waals surface area contributed by atoms with Gasteiger partial charge in [0.2, 0.25) is 0 Å². The molecule has 2 aliphatic carbocycles. The summed E-state index contributed by atoms with van der Waals surface area (Å²) in [6, 6.07) is 0. The van der Waals surface area contributed by atoms with Crippen molar-refractivity contribution in [2.75, 3.05) is 0 Å². The molecule has 2 rings (SSSR count). The summed E-state index contributed by atoms with van der Waals surface area (Å²) in [6.45, 7) is 2.29. The van der Waals surface area contributed by atoms with Crippen molar-refractivity contribution in [3.05, 3.63) is 0 Å². The van der Waals surface area contributed by atoms with Gasteiger partial charge in [0.25, 0.3) is 0 Å². The zero-order chi connectivity index (χ0) is 20.6. The van der Waals surface area contributed by atoms with Gasteiger partial charge in [0.05, 0.1) is 0 Å². The van der Waals surface area contributed by atoms with E-state index in [1.807, 2.05) is 0 Å². The molecule has 170 valence electrons. The smallest absolute Gasteiger partial charge is 0.306 e. The van der Waals surface area contributed by atoms with Crippen LogP contribution in [0.5, 0.6) is 0 Å². The summed E-state index contributed by atoms with van der Waals surface area (Å²) in [4.78, 5) is 12.0. The predicted molar refractivity (Wildman–Crippen MR) is 124 cm³/mol. The molecule has 3 atom stereocenters. The first-order chi connectivity index (χ1) is 14.3. The lowest BCUT2D eigenvalue weighted by Crippen LogP contribution is -2.23. The average Bonchev–Trinajstić information content (AvgIpc) is 3.33. The number of ether oxygens (including phenoxy) is 1. The first-order valence-corrected chi connectivity index (χ1v) is 13.5. The van der Waals surface area contributed by atoms with E-state index in [0.717, 1.165) is 18.8 Å². The molecule has 2 fully saturated rings. The zero-order valence-electron chi connectivity index (χ0n) is 19.6. The number of rotatable bonds is 19. The molecule has 0 radical (unpaired) electrons. The van der Waals surface area contributed by atoms with Gasteiger partial charge in [-0.25, -0.2) is 0 Å². The molecule has 2 heteroatoms. The molecule has 2 aliphatic rings. The van der Waals surface area contributed by atoms with Crippen LogP contribution in [0.3, 0.4) is 0 Å². The van der Waals surface area contributed by atoms with Crippen LogP contribution in [0.4, 0.5) is 0 Å². The van der Waals surface area contributed by atoms with E-state index < -0.39 is 0 Å². The predicted octanol–water partition coefficient (Wildman–Crippen LogP) is 8.76. The minimum Gasteiger partial charge on any atom is -0.462 e. The third-order valence-electron chi connectivity index (χ3n) is 7.44. The fraction of sp³-hybridized carbons (Fsp3) is 0.963. The van der Waals surface area contributed by atoms with Crippen LogP contribution in [-0.4, -0.2) is 12.1 Å². The highest BCUT2D eigenvalue weighted by atomic mass is 16.5. The number of unbranched alkanes of at least 4 members (excludes halogenated alkanes) is 16. The molecular formula is C27H50O2. The third-order valence-corrected chi connectivity index (χ3v) is 7.44. The number of esters is 1. The van der Waals surface area contributed by atoms with E-state index in [9.17, 15) is 4.79 Å². The lowest BCUT2D eigenvalue weighted by Gasteiger charge is -2.21. The van der Waals surface area contributed by atoms with Crippen LogP contribution in [0.25, 0.3) is 0 Å². The minimum absolute atomic E-state index is 0.0727. The van der Waals surface area contributed by atoms with Gasteiger partial charge in [0.15, 0.2) is 0 Å². The van der Waals surface area contributed by atoms with Crippen LogP contribution >= 0.6 is 0 Å². The Bertz CT molecular complexity index is 405. The maximum atomic E-state index is 12.0. The first kappa shape index (κ1) is 24.7. The van der Waals surface area contributed by atoms with Crippen molar-refractivity contribution in [1.29, 1.82) is 0 Å². The van der Waals surface area contributed by atoms with Gasteiger partial charge in [-0.2, -0.15) is 0 Å². The summed E-state index contributed by atoms with van der Waals surface area (Å²) >= 11 is 0. The first-order valence-electron chi connectivity index (χ1n) is 13.5. The Hall–Kier alpha value is -0.530. The maximum Gasteiger partial charge on any atom is 0.306 e. The second kappa shape index (κ2) is 16.2. The van der Waals surface area contributed by atoms with E-state index >= 15 is 0 Å². The molecular weight excluding hydrogens is 356 g/mol. The fourth-order valence-electron chi connectivity index (χ4n) is 5.55. The second-order valence-corrected chi connectivity index (χ2v) is 10.1. The molecule has 0 saturated heterocycles. The van der Waals surface area contributed by atoms with Crippen LogP contribution < -0.4 is 0 Å². The van der Waals surface area contributed by atoms with Crippen LogP contribution in [0, 0.1) is 11.8 Å². The molecule has 3 unspecified atom stereocenters. The Morgan fingerprint density at radius 3 is 1.55 bits per heavy atom. The Morgan fingerprint density at radius 2 is 1.14 bits per heavy atom. The number of hydrogen-bond donors (Lipinski definition) is 0. The molecule has 0 amide bonds. The van der Waals surface area contributed by atoms with Gasteiger partial charge in [-0.15, -0.1) is 0 Å². The lowest BCUT2D eigenvalue weighted by molar-refractivity contribution is -0.151. The van der Waals surface area contributed by atoms with Crippen LogP contribution in [0.1, 0.15) is 148 Å². The van der Waals surface area contributed by atoms with Gasteiger partial charge < -0.3 is 4.74 Å². The quantitative estimate of drug-likeness (QED) is 0.158. The standard InChI is InChI=1S/C27H50O2/c1-2-3-4-5-6-7-8-9-10-11-12-13-14-15-16-17-18-19-27(28)29-26-23-24-20-21-25(26)22-24/h24-26H,2-23H2,1H3. The van der Waals surface area contributed by atoms with Crippen LogP contribution in [0.2, 0.25) is 0 Å². The number of carbonyl (C=O) groups is 1. The van der Waals surface area contributed by atoms with Gasteiger partial charge >= 0.3 is 5.97 Å². The van der Waals surface area contributed by atoms with Gasteiger partial charge in [0.1, 0.15) is 6.10 Å². The van der Waals surface area contributed by atoms with E-state index in [2.05, 4.69) is 6.92 Å². The second-order valence-electron chi connectivity index (χ2n) is 10.1. The van der Waals surface area contributed by atoms with Gasteiger partial charge in [-0.3, -0.25) is 4.79 Å². The molecule has 0 aromatic heterocycles. The molecule has 0 heterocycles. The minimum atomic E-state index is 0.0727. The molecule has 0 aromatic rings. The topological polar surface area (TPSA) is 26.3 Å². The van der Waals surface area contributed by atoms with Crippen molar-refractivity contribution in [2.24, 2.45) is 11.8 Å². The number of carbonyl (C=O) groups excluding carboxylic acids is 1. The molecule has 2 saturated carbocycles. The van der Waals surface area contributed by atoms with Crippen molar-refractivity contribution in [1.82, 2.24) is 0 Å². The Labute approximate surface area is 181 Å². The summed E-state index contributed by atoms with van der Waals surface area (Å²) in [5.41, 5.74) is 0. The van der Waals surface area contributed by atoms with Gasteiger partial charge in [-0.1, -0.05) is 110 Å². The summed E-state index contributed by atoms with van der Waals surface area (Å²) in [5, 5.41) is 0. The Balaban J connectivity index is 1.24. The number of fused-ring (bicyclic) bond motifs is 2. The SMILES string of the molecule is CCCCCCCCCCCCCCCCCCCC(=O)OC1CC2CCC1C2. The Kier molecular flexibility index (Phi) is 13.8. The van der Waals surface area contributed by atoms with Crippen molar-refractivity contribution in [3.63, 3.8) is 0 Å². The van der Waals surface area contributed by atoms with Crippen molar-refractivity contribution in [2.45, 2.75) is 154 Å². The van der Waals surface area contributed by atoms with Crippen molar-refractivity contribution < 1.29 is 9.53 Å². The van der Waals surface area contributed by atoms with E-state index in [0.29, 0.717) is 12.3 Å². The molecule has 2 bridgehead atoms. The molecule has 0 aliphatic heterocycles. The highest BCUT2D eigenvalue weighted by Crippen LogP contribution is 2.45. The van der Waals surface area contributed by atoms with Crippen LogP contribution in [-0.2, 0) is 9.53 Å². The normalized spacial score (nSPS) is 23.0. The zero-order valence-corrected chi connectivity index (χ0v) is 19.6. The average molecular weight is 407 g/mol. The van der Waals surface area contributed by atoms with Gasteiger partial charge in [-0.05, 0) is 43.9 Å². The third kappa shape index (κ3) is 11.4. The molecule has 0 aromatic carbocycles. The van der Waals surface area contributed by atoms with E-state index in [1.54, 1.807) is 0 Å². The molecule has 2 nitrogen and oxygen atoms in total. The lowest BCUT2D eigenvalue weighted by atomic mass is 9.98. The Morgan fingerprint density at radius 1 is 0.655 bits per heavy atom. The summed E-state index contributed by atoms with van der Waals surface area (Å²) < 4.78 is 5.74. The monoisotopic (exact) mass is 406 g/mol. The number of hydrogen-bond acceptors (Lipinski definition) is 2. The summed E-state index contributed by atoms with van der Waals surface area (Å²) in [5.74, 6) is 1.63. The molecule has 0 N–H and O–H groups in total. The van der Waals surface area contributed by atoms with E-state index in [4.69, 9.17) is 4.74 Å². The molecule has 0 spiro atoms. The van der Waals surface area contributed by atoms with Crippen LogP contribution in [0.15, 0.2) is 0 Å². The van der Waals surface area contributed by atoms with E-state index in [1.165, 1.54) is 122 Å². The highest BCUT2D eigenvalue weighted by molar-refractivity contribution is 5.69. The summed E-state index contributed by atoms with van der Waals surface area (Å²) in [7, 11) is 0. The van der Waals surface area contributed by atoms with E-state index in [-0.39, 0.29) is 12.1 Å².